The lowest BCUT2D eigenvalue weighted by molar-refractivity contribution is 0.471. The van der Waals surface area contributed by atoms with Crippen molar-refractivity contribution < 1.29 is 5.11 Å². The third-order valence-corrected chi connectivity index (χ3v) is 2.16. The molecule has 0 bridgehead atoms. The first kappa shape index (κ1) is 11.7. The van der Waals surface area contributed by atoms with Gasteiger partial charge in [-0.2, -0.15) is 0 Å². The highest BCUT2D eigenvalue weighted by Gasteiger charge is 2.00. The van der Waals surface area contributed by atoms with Crippen LogP contribution in [0.4, 0.5) is 0 Å². The Morgan fingerprint density at radius 2 is 1.93 bits per heavy atom. The predicted molar refractivity (Wildman–Crippen MR) is 66.4 cm³/mol. The summed E-state index contributed by atoms with van der Waals surface area (Å²) in [6.45, 7) is 1.88. The number of hydrogen-bond donors (Lipinski definition) is 1. The predicted octanol–water partition coefficient (Wildman–Crippen LogP) is 3.34. The Morgan fingerprint density at radius 1 is 1.13 bits per heavy atom. The smallest absolute Gasteiger partial charge is 0.118 e. The summed E-state index contributed by atoms with van der Waals surface area (Å²) in [4.78, 5) is 4.24. The fourth-order valence-electron chi connectivity index (χ4n) is 1.35. The summed E-state index contributed by atoms with van der Waals surface area (Å²) in [6, 6.07) is 11.3. The Labute approximate surface area is 99.4 Å². The Balaban J connectivity index is 0.00000112. The molecule has 1 aromatic heterocycles. The van der Waals surface area contributed by atoms with E-state index < -0.39 is 0 Å². The minimum atomic E-state index is 0. The van der Waals surface area contributed by atoms with Gasteiger partial charge in [0.2, 0.25) is 0 Å². The lowest BCUT2D eigenvalue weighted by atomic mass is 10.1. The number of hydrogen-bond acceptors (Lipinski definition) is 2. The molecule has 0 spiro atoms. The van der Waals surface area contributed by atoms with E-state index in [0.29, 0.717) is 5.75 Å². The number of aryl methyl sites for hydroxylation is 1. The molecule has 2 nitrogen and oxygen atoms in total. The molecule has 3 heteroatoms. The summed E-state index contributed by atoms with van der Waals surface area (Å²) >= 11 is 0. The third-order valence-electron chi connectivity index (χ3n) is 2.16. The molecule has 0 amide bonds. The molecule has 1 heterocycles. The van der Waals surface area contributed by atoms with Gasteiger partial charge in [0.15, 0.2) is 0 Å². The first-order valence-electron chi connectivity index (χ1n) is 4.48. The molecule has 0 saturated heterocycles. The highest BCUT2D eigenvalue weighted by Crippen LogP contribution is 2.23. The number of phenolic OH excluding ortho intramolecular Hbond substituents is 1. The van der Waals surface area contributed by atoms with Crippen LogP contribution in [0.15, 0.2) is 42.6 Å². The third kappa shape index (κ3) is 2.57. The maximum atomic E-state index is 9.37. The zero-order valence-corrected chi connectivity index (χ0v) is 10.1. The largest absolute Gasteiger partial charge is 0.508 e. The van der Waals surface area contributed by atoms with Gasteiger partial charge in [-0.3, -0.25) is 4.98 Å². The summed E-state index contributed by atoms with van der Waals surface area (Å²) < 4.78 is 0. The van der Waals surface area contributed by atoms with Gasteiger partial charge in [-0.25, -0.2) is 0 Å². The molecular formula is C12H12BrNO. The molecule has 0 aliphatic rings. The molecule has 15 heavy (non-hydrogen) atoms. The second-order valence-electron chi connectivity index (χ2n) is 3.22. The fraction of sp³-hybridized carbons (Fsp3) is 0.0833. The van der Waals surface area contributed by atoms with Crippen molar-refractivity contribution in [3.8, 4) is 17.0 Å². The van der Waals surface area contributed by atoms with E-state index >= 15 is 0 Å². The van der Waals surface area contributed by atoms with Crippen molar-refractivity contribution in [3.63, 3.8) is 0 Å². The van der Waals surface area contributed by atoms with Crippen LogP contribution in [-0.4, -0.2) is 10.1 Å². The van der Waals surface area contributed by atoms with Crippen molar-refractivity contribution in [3.05, 3.63) is 48.2 Å². The van der Waals surface area contributed by atoms with Crippen LogP contribution in [0.3, 0.4) is 0 Å². The Bertz CT molecular complexity index is 443. The van der Waals surface area contributed by atoms with Crippen LogP contribution < -0.4 is 0 Å². The summed E-state index contributed by atoms with van der Waals surface area (Å²) in [5.74, 6) is 0.324. The SMILES string of the molecule is Br.Cc1cc(-c2ccccn2)ccc1O. The average Bonchev–Trinajstić information content (AvgIpc) is 2.23. The van der Waals surface area contributed by atoms with Gasteiger partial charge in [-0.1, -0.05) is 6.07 Å². The van der Waals surface area contributed by atoms with Crippen molar-refractivity contribution in [1.82, 2.24) is 4.98 Å². The summed E-state index contributed by atoms with van der Waals surface area (Å²) in [6.07, 6.45) is 1.76. The van der Waals surface area contributed by atoms with Gasteiger partial charge in [0.05, 0.1) is 5.69 Å². The molecule has 0 fully saturated rings. The normalized spacial score (nSPS) is 9.40. The van der Waals surface area contributed by atoms with Crippen LogP contribution in [0.2, 0.25) is 0 Å². The minimum absolute atomic E-state index is 0. The van der Waals surface area contributed by atoms with E-state index in [9.17, 15) is 5.11 Å². The molecule has 0 aliphatic heterocycles. The van der Waals surface area contributed by atoms with Gasteiger partial charge in [-0.15, -0.1) is 17.0 Å². The molecule has 0 radical (unpaired) electrons. The fourth-order valence-corrected chi connectivity index (χ4v) is 1.35. The van der Waals surface area contributed by atoms with Crippen molar-refractivity contribution in [1.29, 1.82) is 0 Å². The van der Waals surface area contributed by atoms with Gasteiger partial charge in [0.1, 0.15) is 5.75 Å². The van der Waals surface area contributed by atoms with E-state index in [1.54, 1.807) is 12.3 Å². The molecule has 2 aromatic rings. The lowest BCUT2D eigenvalue weighted by Crippen LogP contribution is -1.83. The first-order valence-corrected chi connectivity index (χ1v) is 4.48. The van der Waals surface area contributed by atoms with Gasteiger partial charge < -0.3 is 5.11 Å². The van der Waals surface area contributed by atoms with Crippen LogP contribution in [-0.2, 0) is 0 Å². The van der Waals surface area contributed by atoms with Gasteiger partial charge in [0, 0.05) is 11.8 Å². The zero-order chi connectivity index (χ0) is 9.97. The van der Waals surface area contributed by atoms with Crippen LogP contribution >= 0.6 is 17.0 Å². The number of benzene rings is 1. The molecule has 1 aromatic carbocycles. The molecule has 1 N–H and O–H groups in total. The van der Waals surface area contributed by atoms with E-state index in [0.717, 1.165) is 16.8 Å². The number of aromatic hydroxyl groups is 1. The van der Waals surface area contributed by atoms with E-state index in [2.05, 4.69) is 4.98 Å². The maximum Gasteiger partial charge on any atom is 0.118 e. The van der Waals surface area contributed by atoms with Crippen molar-refractivity contribution in [2.24, 2.45) is 0 Å². The summed E-state index contributed by atoms with van der Waals surface area (Å²) in [7, 11) is 0. The Hall–Kier alpha value is -1.35. The van der Waals surface area contributed by atoms with Crippen LogP contribution in [0, 0.1) is 6.92 Å². The Kier molecular flexibility index (Phi) is 3.86. The second kappa shape index (κ2) is 4.94. The topological polar surface area (TPSA) is 33.1 Å². The quantitative estimate of drug-likeness (QED) is 0.858. The highest BCUT2D eigenvalue weighted by atomic mass is 79.9. The van der Waals surface area contributed by atoms with Crippen molar-refractivity contribution in [2.75, 3.05) is 0 Å². The molecule has 0 saturated carbocycles. The van der Waals surface area contributed by atoms with E-state index in [4.69, 9.17) is 0 Å². The molecule has 0 unspecified atom stereocenters. The Morgan fingerprint density at radius 3 is 2.53 bits per heavy atom. The van der Waals surface area contributed by atoms with E-state index in [1.165, 1.54) is 0 Å². The van der Waals surface area contributed by atoms with E-state index in [-0.39, 0.29) is 17.0 Å². The number of rotatable bonds is 1. The molecule has 78 valence electrons. The summed E-state index contributed by atoms with van der Waals surface area (Å²) in [5.41, 5.74) is 2.82. The number of nitrogens with zero attached hydrogens (tertiary/aromatic N) is 1. The monoisotopic (exact) mass is 265 g/mol. The molecule has 2 rings (SSSR count). The number of pyridine rings is 1. The maximum absolute atomic E-state index is 9.37. The summed E-state index contributed by atoms with van der Waals surface area (Å²) in [5, 5.41) is 9.37. The van der Waals surface area contributed by atoms with Crippen molar-refractivity contribution >= 4 is 17.0 Å². The first-order chi connectivity index (χ1) is 6.77. The second-order valence-corrected chi connectivity index (χ2v) is 3.22. The molecule has 0 aliphatic carbocycles. The zero-order valence-electron chi connectivity index (χ0n) is 8.34. The number of phenols is 1. The van der Waals surface area contributed by atoms with Gasteiger partial charge in [-0.05, 0) is 42.8 Å². The van der Waals surface area contributed by atoms with Crippen LogP contribution in [0.5, 0.6) is 5.75 Å². The lowest BCUT2D eigenvalue weighted by Gasteiger charge is -2.03. The average molecular weight is 266 g/mol. The van der Waals surface area contributed by atoms with Crippen LogP contribution in [0.1, 0.15) is 5.56 Å². The number of halogens is 1. The highest BCUT2D eigenvalue weighted by molar-refractivity contribution is 8.93. The minimum Gasteiger partial charge on any atom is -0.508 e. The molecular weight excluding hydrogens is 254 g/mol. The van der Waals surface area contributed by atoms with E-state index in [1.807, 2.05) is 37.3 Å². The van der Waals surface area contributed by atoms with Gasteiger partial charge in [0.25, 0.3) is 0 Å². The van der Waals surface area contributed by atoms with Crippen LogP contribution in [0.25, 0.3) is 11.3 Å². The standard InChI is InChI=1S/C12H11NO.BrH/c1-9-8-10(5-6-12(9)14)11-4-2-3-7-13-11;/h2-8,14H,1H3;1H. The van der Waals surface area contributed by atoms with Crippen molar-refractivity contribution in [2.45, 2.75) is 6.92 Å². The molecule has 0 atom stereocenters. The number of aromatic nitrogens is 1. The van der Waals surface area contributed by atoms with Gasteiger partial charge >= 0.3 is 0 Å².